The molecule has 5 rings (SSSR count). The zero-order valence-corrected chi connectivity index (χ0v) is 21.0. The van der Waals surface area contributed by atoms with Gasteiger partial charge in [-0.2, -0.15) is 0 Å². The fraction of sp³-hybridized carbons (Fsp3) is 0.357. The van der Waals surface area contributed by atoms with Crippen molar-refractivity contribution >= 4 is 29.1 Å². The summed E-state index contributed by atoms with van der Waals surface area (Å²) in [5.74, 6) is 1.60. The van der Waals surface area contributed by atoms with Crippen LogP contribution in [0, 0.1) is 17.3 Å². The molecule has 0 N–H and O–H groups in total. The van der Waals surface area contributed by atoms with E-state index in [1.54, 1.807) is 10.7 Å². The van der Waals surface area contributed by atoms with E-state index in [-0.39, 0.29) is 5.41 Å². The van der Waals surface area contributed by atoms with E-state index in [0.717, 1.165) is 18.4 Å². The van der Waals surface area contributed by atoms with Gasteiger partial charge in [-0.1, -0.05) is 0 Å². The number of methoxy groups -OCH3 is 1. The Morgan fingerprint density at radius 2 is 1.23 bits per heavy atom. The molecule has 0 spiro atoms. The van der Waals surface area contributed by atoms with Crippen molar-refractivity contribution in [3.05, 3.63) is 91.0 Å². The molecule has 154 valence electrons. The van der Waals surface area contributed by atoms with Crippen LogP contribution in [0.5, 0.6) is 0 Å². The molecule has 0 amide bonds. The molecule has 0 radical (unpaired) electrons. The second-order valence-corrected chi connectivity index (χ2v) is 20.9. The van der Waals surface area contributed by atoms with Crippen molar-refractivity contribution in [1.82, 2.24) is 0 Å². The van der Waals surface area contributed by atoms with Crippen LogP contribution in [0.2, 0.25) is 3.93 Å². The summed E-state index contributed by atoms with van der Waals surface area (Å²) >= 11 is -3.38. The maximum atomic E-state index is 5.95. The molecule has 0 aliphatic heterocycles. The molecule has 30 heavy (non-hydrogen) atoms. The molecular weight excluding hydrogens is 471 g/mol. The van der Waals surface area contributed by atoms with E-state index in [4.69, 9.17) is 4.74 Å². The van der Waals surface area contributed by atoms with Crippen molar-refractivity contribution in [1.29, 1.82) is 0 Å². The first-order valence-corrected chi connectivity index (χ1v) is 17.3. The Hall–Kier alpha value is -1.58. The molecule has 3 aromatic carbocycles. The van der Waals surface area contributed by atoms with Crippen LogP contribution in [-0.4, -0.2) is 32.1 Å². The summed E-state index contributed by atoms with van der Waals surface area (Å²) in [4.78, 5) is 0. The van der Waals surface area contributed by atoms with Gasteiger partial charge in [-0.25, -0.2) is 0 Å². The molecule has 0 unspecified atom stereocenters. The quantitative estimate of drug-likeness (QED) is 0.447. The minimum atomic E-state index is -3.38. The second-order valence-electron chi connectivity index (χ2n) is 9.59. The van der Waals surface area contributed by atoms with Crippen LogP contribution in [0.3, 0.4) is 0 Å². The molecule has 0 aromatic heterocycles. The average molecular weight is 503 g/mol. The predicted molar refractivity (Wildman–Crippen MR) is 129 cm³/mol. The number of ether oxygens (including phenoxy) is 1. The van der Waals surface area contributed by atoms with Crippen LogP contribution in [0.15, 0.2) is 91.0 Å². The molecule has 0 saturated heterocycles. The van der Waals surface area contributed by atoms with Crippen molar-refractivity contribution in [3.63, 3.8) is 0 Å². The Balaban J connectivity index is 1.85. The number of fused-ring (bicyclic) bond motifs is 2. The Morgan fingerprint density at radius 3 is 1.67 bits per heavy atom. The Labute approximate surface area is 185 Å². The van der Waals surface area contributed by atoms with Crippen molar-refractivity contribution in [2.45, 2.75) is 30.1 Å². The predicted octanol–water partition coefficient (Wildman–Crippen LogP) is 4.61. The monoisotopic (exact) mass is 504 g/mol. The van der Waals surface area contributed by atoms with Crippen molar-refractivity contribution in [2.24, 2.45) is 17.3 Å². The molecule has 4 atom stereocenters. The van der Waals surface area contributed by atoms with Crippen molar-refractivity contribution in [2.75, 3.05) is 13.7 Å². The maximum absolute atomic E-state index is 5.95. The summed E-state index contributed by atoms with van der Waals surface area (Å²) < 4.78 is 11.5. The number of hydrogen-bond donors (Lipinski definition) is 0. The van der Waals surface area contributed by atoms with E-state index in [1.807, 2.05) is 7.11 Å². The van der Waals surface area contributed by atoms with Gasteiger partial charge in [0.25, 0.3) is 0 Å². The Kier molecular flexibility index (Phi) is 5.53. The van der Waals surface area contributed by atoms with Gasteiger partial charge in [-0.3, -0.25) is 0 Å². The van der Waals surface area contributed by atoms with Gasteiger partial charge < -0.3 is 0 Å². The van der Waals surface area contributed by atoms with E-state index in [2.05, 4.69) is 97.9 Å². The van der Waals surface area contributed by atoms with Gasteiger partial charge in [0, 0.05) is 0 Å². The molecule has 0 heterocycles. The average Bonchev–Trinajstić information content (AvgIpc) is 3.38. The van der Waals surface area contributed by atoms with E-state index in [1.165, 1.54) is 19.3 Å². The Morgan fingerprint density at radius 1 is 0.767 bits per heavy atom. The first-order chi connectivity index (χ1) is 14.7. The third-order valence-corrected chi connectivity index (χ3v) is 24.7. The molecular formula is C28H32OSn. The van der Waals surface area contributed by atoms with E-state index in [9.17, 15) is 0 Å². The third kappa shape index (κ3) is 3.00. The topological polar surface area (TPSA) is 9.23 Å². The van der Waals surface area contributed by atoms with E-state index >= 15 is 0 Å². The van der Waals surface area contributed by atoms with E-state index in [0.29, 0.717) is 3.93 Å². The van der Waals surface area contributed by atoms with Gasteiger partial charge in [0.15, 0.2) is 0 Å². The molecule has 2 aliphatic carbocycles. The first-order valence-electron chi connectivity index (χ1n) is 11.4. The molecule has 3 aromatic rings. The standard InChI is InChI=1S/C10H17O.3C6H5.Sn/c1-10(7-11-2)6-8-3-4-9(10)5-8;3*1-2-4-6-5-3-1;/h6,8-9H,3-5,7H2,1-2H3;3*1-5H;/t8-,9+,10-;;;;/m0..../s1. The minimum absolute atomic E-state index is 0.245. The fourth-order valence-electron chi connectivity index (χ4n) is 7.22. The summed E-state index contributed by atoms with van der Waals surface area (Å²) in [6.45, 7) is 3.44. The second kappa shape index (κ2) is 8.16. The zero-order chi connectivity index (χ0) is 20.6. The summed E-state index contributed by atoms with van der Waals surface area (Å²) in [7, 11) is 1.90. The number of benzene rings is 3. The van der Waals surface area contributed by atoms with Crippen molar-refractivity contribution in [3.8, 4) is 0 Å². The van der Waals surface area contributed by atoms with Gasteiger partial charge in [0.1, 0.15) is 0 Å². The van der Waals surface area contributed by atoms with Gasteiger partial charge >= 0.3 is 186 Å². The molecule has 1 nitrogen and oxygen atoms in total. The summed E-state index contributed by atoms with van der Waals surface area (Å²) in [5, 5.41) is 0. The molecule has 2 saturated carbocycles. The van der Waals surface area contributed by atoms with E-state index < -0.39 is 18.4 Å². The molecule has 2 heteroatoms. The fourth-order valence-corrected chi connectivity index (χ4v) is 25.9. The van der Waals surface area contributed by atoms with Gasteiger partial charge in [0.2, 0.25) is 0 Å². The van der Waals surface area contributed by atoms with Crippen LogP contribution in [0.25, 0.3) is 0 Å². The van der Waals surface area contributed by atoms with Crippen molar-refractivity contribution < 1.29 is 4.74 Å². The first kappa shape index (κ1) is 20.3. The Bertz CT molecular complexity index is 875. The van der Waals surface area contributed by atoms with Crippen LogP contribution in [0.4, 0.5) is 0 Å². The summed E-state index contributed by atoms with van der Waals surface area (Å²) in [6, 6.07) is 34.7. The van der Waals surface area contributed by atoms with Crippen LogP contribution in [0.1, 0.15) is 26.2 Å². The number of rotatable bonds is 6. The summed E-state index contributed by atoms with van der Waals surface area (Å²) in [5.41, 5.74) is 0.245. The summed E-state index contributed by atoms with van der Waals surface area (Å²) in [6.07, 6.45) is 4.15. The van der Waals surface area contributed by atoms with Gasteiger partial charge in [-0.05, 0) is 0 Å². The normalized spacial score (nSPS) is 28.0. The number of hydrogen-bond acceptors (Lipinski definition) is 1. The van der Waals surface area contributed by atoms with Gasteiger partial charge in [-0.15, -0.1) is 0 Å². The zero-order valence-electron chi connectivity index (χ0n) is 18.1. The SMILES string of the molecule is COC[C@@]1(C)[C@@H]2CC[C@@H](C2)[C@H]1[Sn]([c]1ccccc1)([c]1ccccc1)[c]1ccccc1. The molecule has 2 aliphatic rings. The van der Waals surface area contributed by atoms with Crippen LogP contribution < -0.4 is 10.7 Å². The van der Waals surface area contributed by atoms with Gasteiger partial charge in [0.05, 0.1) is 0 Å². The van der Waals surface area contributed by atoms with Crippen LogP contribution in [-0.2, 0) is 4.74 Å². The van der Waals surface area contributed by atoms with Crippen LogP contribution >= 0.6 is 0 Å². The molecule has 2 bridgehead atoms. The third-order valence-electron chi connectivity index (χ3n) is 8.20. The molecule has 2 fully saturated rings.